The summed E-state index contributed by atoms with van der Waals surface area (Å²) in [6, 6.07) is 15.6. The first-order valence-electron chi connectivity index (χ1n) is 5.30. The minimum absolute atomic E-state index is 0.0729. The van der Waals surface area contributed by atoms with Crippen LogP contribution in [0.4, 0.5) is 5.69 Å². The lowest BCUT2D eigenvalue weighted by atomic mass is 10.2. The van der Waals surface area contributed by atoms with Gasteiger partial charge in [-0.3, -0.25) is 4.79 Å². The summed E-state index contributed by atoms with van der Waals surface area (Å²) in [7, 11) is 1.71. The third-order valence-electron chi connectivity index (χ3n) is 2.56. The molecular formula is C14H13NO2. The van der Waals surface area contributed by atoms with Crippen molar-refractivity contribution in [2.45, 2.75) is 0 Å². The fourth-order valence-electron chi connectivity index (χ4n) is 1.57. The van der Waals surface area contributed by atoms with Crippen molar-refractivity contribution in [1.29, 1.82) is 0 Å². The summed E-state index contributed by atoms with van der Waals surface area (Å²) < 4.78 is 0. The van der Waals surface area contributed by atoms with Crippen LogP contribution in [0.3, 0.4) is 0 Å². The van der Waals surface area contributed by atoms with E-state index in [4.69, 9.17) is 0 Å². The molecule has 0 fully saturated rings. The number of amides is 1. The fraction of sp³-hybridized carbons (Fsp3) is 0.0714. The highest BCUT2D eigenvalue weighted by atomic mass is 16.3. The van der Waals surface area contributed by atoms with Crippen LogP contribution in [-0.2, 0) is 0 Å². The first-order chi connectivity index (χ1) is 8.18. The van der Waals surface area contributed by atoms with Gasteiger partial charge in [-0.2, -0.15) is 0 Å². The molecule has 3 heteroatoms. The van der Waals surface area contributed by atoms with Gasteiger partial charge in [-0.25, -0.2) is 0 Å². The van der Waals surface area contributed by atoms with E-state index in [2.05, 4.69) is 0 Å². The number of anilines is 1. The second-order valence-electron chi connectivity index (χ2n) is 3.75. The number of carbonyl (C=O) groups is 1. The van der Waals surface area contributed by atoms with Gasteiger partial charge in [0.1, 0.15) is 5.75 Å². The Labute approximate surface area is 99.9 Å². The van der Waals surface area contributed by atoms with Gasteiger partial charge in [-0.15, -0.1) is 0 Å². The Balaban J connectivity index is 2.23. The van der Waals surface area contributed by atoms with Gasteiger partial charge in [0, 0.05) is 18.3 Å². The molecule has 0 atom stereocenters. The normalized spacial score (nSPS) is 9.94. The van der Waals surface area contributed by atoms with Crippen LogP contribution in [0.25, 0.3) is 0 Å². The van der Waals surface area contributed by atoms with Gasteiger partial charge in [0.15, 0.2) is 0 Å². The maximum atomic E-state index is 12.1. The lowest BCUT2D eigenvalue weighted by Crippen LogP contribution is -2.25. The summed E-state index contributed by atoms with van der Waals surface area (Å²) in [6.45, 7) is 0. The van der Waals surface area contributed by atoms with E-state index in [1.807, 2.05) is 18.2 Å². The molecule has 0 radical (unpaired) electrons. The van der Waals surface area contributed by atoms with Gasteiger partial charge in [-0.05, 0) is 36.4 Å². The predicted molar refractivity (Wildman–Crippen MR) is 67.3 cm³/mol. The van der Waals surface area contributed by atoms with E-state index in [1.54, 1.807) is 48.3 Å². The Kier molecular flexibility index (Phi) is 3.10. The lowest BCUT2D eigenvalue weighted by Gasteiger charge is -2.17. The third-order valence-corrected chi connectivity index (χ3v) is 2.56. The van der Waals surface area contributed by atoms with Gasteiger partial charge >= 0.3 is 0 Å². The molecule has 0 aliphatic heterocycles. The zero-order chi connectivity index (χ0) is 12.3. The van der Waals surface area contributed by atoms with Crippen molar-refractivity contribution in [3.63, 3.8) is 0 Å². The average molecular weight is 227 g/mol. The van der Waals surface area contributed by atoms with Crippen LogP contribution in [0.2, 0.25) is 0 Å². The average Bonchev–Trinajstić information content (AvgIpc) is 2.39. The highest BCUT2D eigenvalue weighted by molar-refractivity contribution is 6.05. The highest BCUT2D eigenvalue weighted by Gasteiger charge is 2.12. The Morgan fingerprint density at radius 1 is 1.00 bits per heavy atom. The fourth-order valence-corrected chi connectivity index (χ4v) is 1.57. The van der Waals surface area contributed by atoms with Crippen LogP contribution in [-0.4, -0.2) is 18.1 Å². The number of carbonyl (C=O) groups excluding carboxylic acids is 1. The molecule has 0 saturated carbocycles. The molecule has 86 valence electrons. The number of hydrogen-bond acceptors (Lipinski definition) is 2. The highest BCUT2D eigenvalue weighted by Crippen LogP contribution is 2.18. The molecule has 0 saturated heterocycles. The number of benzene rings is 2. The summed E-state index contributed by atoms with van der Waals surface area (Å²) in [5.41, 5.74) is 1.39. The van der Waals surface area contributed by atoms with Crippen molar-refractivity contribution in [2.75, 3.05) is 11.9 Å². The summed E-state index contributed by atoms with van der Waals surface area (Å²) in [6.07, 6.45) is 0. The summed E-state index contributed by atoms with van der Waals surface area (Å²) in [4.78, 5) is 13.6. The molecule has 3 nitrogen and oxygen atoms in total. The van der Waals surface area contributed by atoms with Gasteiger partial charge in [-0.1, -0.05) is 18.2 Å². The van der Waals surface area contributed by atoms with E-state index >= 15 is 0 Å². The predicted octanol–water partition coefficient (Wildman–Crippen LogP) is 2.67. The Morgan fingerprint density at radius 3 is 2.18 bits per heavy atom. The maximum absolute atomic E-state index is 12.1. The quantitative estimate of drug-likeness (QED) is 0.856. The minimum Gasteiger partial charge on any atom is -0.508 e. The first kappa shape index (κ1) is 11.2. The molecule has 0 spiro atoms. The first-order valence-corrected chi connectivity index (χ1v) is 5.30. The van der Waals surface area contributed by atoms with E-state index in [0.29, 0.717) is 5.56 Å². The van der Waals surface area contributed by atoms with E-state index in [-0.39, 0.29) is 11.7 Å². The Bertz CT molecular complexity index is 506. The summed E-state index contributed by atoms with van der Waals surface area (Å²) in [5.74, 6) is 0.116. The molecule has 0 aliphatic carbocycles. The number of phenolic OH excluding ortho intramolecular Hbond substituents is 1. The number of aromatic hydroxyl groups is 1. The van der Waals surface area contributed by atoms with Crippen molar-refractivity contribution in [1.82, 2.24) is 0 Å². The Hall–Kier alpha value is -2.29. The zero-order valence-corrected chi connectivity index (χ0v) is 9.50. The molecule has 17 heavy (non-hydrogen) atoms. The van der Waals surface area contributed by atoms with Crippen molar-refractivity contribution in [2.24, 2.45) is 0 Å². The molecule has 1 amide bonds. The van der Waals surface area contributed by atoms with Crippen LogP contribution in [0, 0.1) is 0 Å². The maximum Gasteiger partial charge on any atom is 0.258 e. The van der Waals surface area contributed by atoms with Gasteiger partial charge < -0.3 is 10.0 Å². The molecule has 2 aromatic carbocycles. The largest absolute Gasteiger partial charge is 0.508 e. The molecule has 1 N–H and O–H groups in total. The monoisotopic (exact) mass is 227 g/mol. The SMILES string of the molecule is CN(C(=O)c1ccccc1)c1ccc(O)cc1. The Morgan fingerprint density at radius 2 is 1.59 bits per heavy atom. The van der Waals surface area contributed by atoms with Gasteiger partial charge in [0.05, 0.1) is 0 Å². The lowest BCUT2D eigenvalue weighted by molar-refractivity contribution is 0.0993. The molecule has 0 unspecified atom stereocenters. The van der Waals surface area contributed by atoms with Crippen LogP contribution in [0.5, 0.6) is 5.75 Å². The molecule has 2 rings (SSSR count). The van der Waals surface area contributed by atoms with E-state index in [1.165, 1.54) is 0 Å². The van der Waals surface area contributed by atoms with Crippen LogP contribution >= 0.6 is 0 Å². The molecule has 2 aromatic rings. The standard InChI is InChI=1S/C14H13NO2/c1-15(12-7-9-13(16)10-8-12)14(17)11-5-3-2-4-6-11/h2-10,16H,1H3. The van der Waals surface area contributed by atoms with E-state index < -0.39 is 0 Å². The molecule has 0 heterocycles. The summed E-state index contributed by atoms with van der Waals surface area (Å²) >= 11 is 0. The van der Waals surface area contributed by atoms with E-state index in [0.717, 1.165) is 5.69 Å². The van der Waals surface area contributed by atoms with Gasteiger partial charge in [0.2, 0.25) is 0 Å². The number of rotatable bonds is 2. The minimum atomic E-state index is -0.0729. The molecular weight excluding hydrogens is 214 g/mol. The van der Waals surface area contributed by atoms with Gasteiger partial charge in [0.25, 0.3) is 5.91 Å². The van der Waals surface area contributed by atoms with Crippen molar-refractivity contribution >= 4 is 11.6 Å². The van der Waals surface area contributed by atoms with Crippen molar-refractivity contribution in [3.05, 3.63) is 60.2 Å². The van der Waals surface area contributed by atoms with Crippen molar-refractivity contribution < 1.29 is 9.90 Å². The van der Waals surface area contributed by atoms with Crippen molar-refractivity contribution in [3.8, 4) is 5.75 Å². The second-order valence-corrected chi connectivity index (χ2v) is 3.75. The zero-order valence-electron chi connectivity index (χ0n) is 9.50. The number of nitrogens with zero attached hydrogens (tertiary/aromatic N) is 1. The number of phenols is 1. The third kappa shape index (κ3) is 2.45. The number of hydrogen-bond donors (Lipinski definition) is 1. The van der Waals surface area contributed by atoms with Crippen LogP contribution < -0.4 is 4.90 Å². The van der Waals surface area contributed by atoms with E-state index in [9.17, 15) is 9.90 Å². The topological polar surface area (TPSA) is 40.5 Å². The van der Waals surface area contributed by atoms with Crippen LogP contribution in [0.1, 0.15) is 10.4 Å². The molecule has 0 aliphatic rings. The summed E-state index contributed by atoms with van der Waals surface area (Å²) in [5, 5.41) is 9.19. The smallest absolute Gasteiger partial charge is 0.258 e. The molecule has 0 bridgehead atoms. The van der Waals surface area contributed by atoms with Crippen LogP contribution in [0.15, 0.2) is 54.6 Å². The second kappa shape index (κ2) is 4.70. The molecule has 0 aromatic heterocycles.